The summed E-state index contributed by atoms with van der Waals surface area (Å²) in [6.45, 7) is 0.539. The molecule has 0 radical (unpaired) electrons. The average molecular weight is 416 g/mol. The van der Waals surface area contributed by atoms with Gasteiger partial charge in [0, 0.05) is 33.4 Å². The minimum atomic E-state index is -0.118. The zero-order valence-corrected chi connectivity index (χ0v) is 17.3. The molecule has 2 heterocycles. The molecular formula is C24H21N3O2S. The predicted molar refractivity (Wildman–Crippen MR) is 121 cm³/mol. The van der Waals surface area contributed by atoms with Gasteiger partial charge in [-0.3, -0.25) is 4.90 Å². The zero-order valence-electron chi connectivity index (χ0n) is 16.5. The Morgan fingerprint density at radius 2 is 1.73 bits per heavy atom. The van der Waals surface area contributed by atoms with Crippen LogP contribution in [0.1, 0.15) is 5.56 Å². The molecule has 0 fully saturated rings. The van der Waals surface area contributed by atoms with Gasteiger partial charge in [-0.2, -0.15) is 0 Å². The molecule has 4 aromatic rings. The highest BCUT2D eigenvalue weighted by Crippen LogP contribution is 2.47. The number of hydrogen-bond donors (Lipinski definition) is 2. The number of carbonyl (C=O) groups is 1. The molecule has 1 aliphatic heterocycles. The van der Waals surface area contributed by atoms with E-state index in [1.165, 1.54) is 0 Å². The lowest BCUT2D eigenvalue weighted by atomic mass is 10.1. The van der Waals surface area contributed by atoms with Crippen molar-refractivity contribution in [3.8, 4) is 5.75 Å². The lowest BCUT2D eigenvalue weighted by Crippen LogP contribution is -2.39. The van der Waals surface area contributed by atoms with E-state index in [1.54, 1.807) is 23.8 Å². The van der Waals surface area contributed by atoms with Crippen molar-refractivity contribution in [3.63, 3.8) is 0 Å². The van der Waals surface area contributed by atoms with Gasteiger partial charge in [0.05, 0.1) is 18.5 Å². The SMILES string of the molecule is COc1ccc2[nH]cc(CCNC(=O)N3c4ccccc4Sc4ccccc43)c2c1. The summed E-state index contributed by atoms with van der Waals surface area (Å²) in [6, 6.07) is 21.9. The largest absolute Gasteiger partial charge is 0.497 e. The molecule has 0 aliphatic carbocycles. The second-order valence-electron chi connectivity index (χ2n) is 7.08. The Bertz CT molecular complexity index is 1190. The van der Waals surface area contributed by atoms with Gasteiger partial charge >= 0.3 is 6.03 Å². The first-order chi connectivity index (χ1) is 14.7. The standard InChI is InChI=1S/C24H21N3O2S/c1-29-17-10-11-19-18(14-17)16(15-26-19)12-13-25-24(28)27-20-6-2-4-8-22(20)30-23-9-5-3-7-21(23)27/h2-11,14-15,26H,12-13H2,1H3,(H,25,28). The molecular weight excluding hydrogens is 394 g/mol. The van der Waals surface area contributed by atoms with Crippen LogP contribution in [0.3, 0.4) is 0 Å². The van der Waals surface area contributed by atoms with E-state index in [9.17, 15) is 4.79 Å². The summed E-state index contributed by atoms with van der Waals surface area (Å²) in [6.07, 6.45) is 2.73. The van der Waals surface area contributed by atoms with Gasteiger partial charge in [0.1, 0.15) is 5.75 Å². The Morgan fingerprint density at radius 1 is 1.03 bits per heavy atom. The molecule has 2 N–H and O–H groups in total. The van der Waals surface area contributed by atoms with Crippen molar-refractivity contribution in [2.75, 3.05) is 18.6 Å². The van der Waals surface area contributed by atoms with Crippen LogP contribution in [0.5, 0.6) is 5.75 Å². The van der Waals surface area contributed by atoms with Crippen LogP contribution < -0.4 is 15.0 Å². The van der Waals surface area contributed by atoms with E-state index in [4.69, 9.17) is 4.74 Å². The van der Waals surface area contributed by atoms with Gasteiger partial charge in [-0.25, -0.2) is 4.79 Å². The van der Waals surface area contributed by atoms with Crippen molar-refractivity contribution in [1.82, 2.24) is 10.3 Å². The molecule has 0 saturated carbocycles. The van der Waals surface area contributed by atoms with E-state index in [0.717, 1.165) is 49.8 Å². The quantitative estimate of drug-likeness (QED) is 0.447. The molecule has 5 nitrogen and oxygen atoms in total. The predicted octanol–water partition coefficient (Wildman–Crippen LogP) is 5.73. The van der Waals surface area contributed by atoms with Crippen LogP contribution in [0.15, 0.2) is 82.7 Å². The summed E-state index contributed by atoms with van der Waals surface area (Å²) in [7, 11) is 1.67. The molecule has 0 atom stereocenters. The van der Waals surface area contributed by atoms with E-state index >= 15 is 0 Å². The summed E-state index contributed by atoms with van der Waals surface area (Å²) >= 11 is 1.69. The van der Waals surface area contributed by atoms with Crippen molar-refractivity contribution >= 4 is 40.1 Å². The fraction of sp³-hybridized carbons (Fsp3) is 0.125. The van der Waals surface area contributed by atoms with Crippen LogP contribution in [0.25, 0.3) is 10.9 Å². The number of rotatable bonds is 4. The van der Waals surface area contributed by atoms with E-state index in [2.05, 4.69) is 22.4 Å². The van der Waals surface area contributed by atoms with Crippen LogP contribution in [0, 0.1) is 0 Å². The molecule has 0 bridgehead atoms. The number of aromatic amines is 1. The van der Waals surface area contributed by atoms with Crippen molar-refractivity contribution in [2.24, 2.45) is 0 Å². The number of nitrogens with zero attached hydrogens (tertiary/aromatic N) is 1. The summed E-state index contributed by atoms with van der Waals surface area (Å²) in [5.41, 5.74) is 4.04. The van der Waals surface area contributed by atoms with E-state index in [-0.39, 0.29) is 6.03 Å². The number of urea groups is 1. The highest BCUT2D eigenvalue weighted by Gasteiger charge is 2.27. The lowest BCUT2D eigenvalue weighted by molar-refractivity contribution is 0.248. The maximum absolute atomic E-state index is 13.2. The summed E-state index contributed by atoms with van der Waals surface area (Å²) in [5, 5.41) is 4.22. The van der Waals surface area contributed by atoms with Crippen LogP contribution >= 0.6 is 11.8 Å². The van der Waals surface area contributed by atoms with Crippen molar-refractivity contribution in [2.45, 2.75) is 16.2 Å². The van der Waals surface area contributed by atoms with Gasteiger partial charge in [-0.1, -0.05) is 36.0 Å². The number of aromatic nitrogens is 1. The minimum Gasteiger partial charge on any atom is -0.497 e. The number of carbonyl (C=O) groups excluding carboxylic acids is 1. The molecule has 6 heteroatoms. The number of ether oxygens (including phenoxy) is 1. The minimum absolute atomic E-state index is 0.118. The Balaban J connectivity index is 1.35. The molecule has 5 rings (SSSR count). The zero-order chi connectivity index (χ0) is 20.5. The van der Waals surface area contributed by atoms with Crippen molar-refractivity contribution < 1.29 is 9.53 Å². The number of nitrogens with one attached hydrogen (secondary N) is 2. The van der Waals surface area contributed by atoms with Crippen LogP contribution in [0.2, 0.25) is 0 Å². The molecule has 0 spiro atoms. The Hall–Kier alpha value is -3.38. The van der Waals surface area contributed by atoms with E-state index < -0.39 is 0 Å². The first-order valence-corrected chi connectivity index (χ1v) is 10.6. The third-order valence-corrected chi connectivity index (χ3v) is 6.41. The summed E-state index contributed by atoms with van der Waals surface area (Å²) in [5.74, 6) is 0.825. The lowest BCUT2D eigenvalue weighted by Gasteiger charge is -2.31. The topological polar surface area (TPSA) is 57.4 Å². The highest BCUT2D eigenvalue weighted by atomic mass is 32.2. The van der Waals surface area contributed by atoms with Gasteiger partial charge in [-0.15, -0.1) is 0 Å². The molecule has 2 amide bonds. The molecule has 30 heavy (non-hydrogen) atoms. The molecule has 3 aromatic carbocycles. The fourth-order valence-corrected chi connectivity index (χ4v) is 4.86. The summed E-state index contributed by atoms with van der Waals surface area (Å²) < 4.78 is 5.34. The third-order valence-electron chi connectivity index (χ3n) is 5.28. The first kappa shape index (κ1) is 18.6. The number of benzene rings is 3. The molecule has 1 aliphatic rings. The van der Waals surface area contributed by atoms with Gasteiger partial charge in [-0.05, 0) is 54.4 Å². The number of H-pyrrole nitrogens is 1. The first-order valence-electron chi connectivity index (χ1n) is 9.82. The monoisotopic (exact) mass is 415 g/mol. The van der Waals surface area contributed by atoms with Gasteiger partial charge in [0.25, 0.3) is 0 Å². The number of methoxy groups -OCH3 is 1. The maximum Gasteiger partial charge on any atom is 0.326 e. The maximum atomic E-state index is 13.2. The Kier molecular flexibility index (Phi) is 4.85. The normalized spacial score (nSPS) is 12.4. The number of anilines is 2. The number of amides is 2. The Morgan fingerprint density at radius 3 is 2.43 bits per heavy atom. The molecule has 0 unspecified atom stereocenters. The van der Waals surface area contributed by atoms with Crippen LogP contribution in [0.4, 0.5) is 16.2 Å². The second-order valence-corrected chi connectivity index (χ2v) is 8.16. The van der Waals surface area contributed by atoms with Crippen LogP contribution in [-0.4, -0.2) is 24.7 Å². The average Bonchev–Trinajstić information content (AvgIpc) is 3.19. The highest BCUT2D eigenvalue weighted by molar-refractivity contribution is 7.99. The fourth-order valence-electron chi connectivity index (χ4n) is 3.80. The van der Waals surface area contributed by atoms with Crippen LogP contribution in [-0.2, 0) is 6.42 Å². The van der Waals surface area contributed by atoms with Crippen molar-refractivity contribution in [1.29, 1.82) is 0 Å². The second kappa shape index (κ2) is 7.80. The molecule has 0 saturated heterocycles. The van der Waals surface area contributed by atoms with E-state index in [0.29, 0.717) is 6.54 Å². The third kappa shape index (κ3) is 3.29. The molecule has 150 valence electrons. The van der Waals surface area contributed by atoms with E-state index in [1.807, 2.05) is 60.8 Å². The number of hydrogen-bond acceptors (Lipinski definition) is 3. The number of fused-ring (bicyclic) bond motifs is 3. The van der Waals surface area contributed by atoms with Gasteiger partial charge in [0.2, 0.25) is 0 Å². The van der Waals surface area contributed by atoms with Crippen molar-refractivity contribution in [3.05, 3.63) is 78.5 Å². The smallest absolute Gasteiger partial charge is 0.326 e. The molecule has 1 aromatic heterocycles. The Labute approximate surface area is 179 Å². The van der Waals surface area contributed by atoms with Gasteiger partial charge < -0.3 is 15.0 Å². The van der Waals surface area contributed by atoms with Gasteiger partial charge in [0.15, 0.2) is 0 Å². The number of para-hydroxylation sites is 2. The summed E-state index contributed by atoms with van der Waals surface area (Å²) in [4.78, 5) is 20.4.